The van der Waals surface area contributed by atoms with E-state index in [1.165, 1.54) is 193 Å². The predicted molar refractivity (Wildman–Crippen MR) is 190 cm³/mol. The van der Waals surface area contributed by atoms with Crippen molar-refractivity contribution < 1.29 is 12.8 Å². The van der Waals surface area contributed by atoms with Crippen molar-refractivity contribution in [2.24, 2.45) is 0 Å². The second kappa shape index (κ2) is 27.0. The number of thiol groups is 1. The van der Waals surface area contributed by atoms with Crippen LogP contribution in [0.25, 0.3) is 0 Å². The van der Waals surface area contributed by atoms with Crippen LogP contribution < -0.4 is 0 Å². The number of hydrogen-bond donors (Lipinski definition) is 2. The molecule has 0 aromatic heterocycles. The Morgan fingerprint density at radius 3 is 0.732 bits per heavy atom. The van der Waals surface area contributed by atoms with Gasteiger partial charge in [0.15, 0.2) is 0 Å². The van der Waals surface area contributed by atoms with Crippen molar-refractivity contribution in [1.29, 1.82) is 0 Å². The van der Waals surface area contributed by atoms with Gasteiger partial charge in [-0.1, -0.05) is 194 Å². The Labute approximate surface area is 261 Å². The van der Waals surface area contributed by atoms with Crippen molar-refractivity contribution in [3.05, 3.63) is 0 Å². The minimum atomic E-state index is -2.64. The summed E-state index contributed by atoms with van der Waals surface area (Å²) >= 11 is 0. The molecule has 0 aromatic rings. The van der Waals surface area contributed by atoms with Gasteiger partial charge in [-0.2, -0.15) is 0 Å². The molecule has 1 heterocycles. The van der Waals surface area contributed by atoms with E-state index in [-0.39, 0.29) is 0 Å². The van der Waals surface area contributed by atoms with Gasteiger partial charge in [0.05, 0.1) is 0 Å². The third kappa shape index (κ3) is 20.3. The molecule has 0 aromatic carbocycles. The Hall–Kier alpha value is 0.660. The first-order valence-corrected chi connectivity index (χ1v) is 22.8. The highest BCUT2D eigenvalue weighted by Crippen LogP contribution is 2.90. The van der Waals surface area contributed by atoms with Gasteiger partial charge in [-0.25, -0.2) is 7.94 Å². The monoisotopic (exact) mass is 621 g/mol. The van der Waals surface area contributed by atoms with Crippen LogP contribution in [0.1, 0.15) is 213 Å². The zero-order chi connectivity index (χ0) is 29.8. The highest BCUT2D eigenvalue weighted by molar-refractivity contribution is 8.47. The van der Waals surface area contributed by atoms with Crippen LogP contribution in [0.2, 0.25) is 0 Å². The van der Waals surface area contributed by atoms with Crippen molar-refractivity contribution in [3.63, 3.8) is 0 Å². The van der Waals surface area contributed by atoms with Gasteiger partial charge < -0.3 is 4.89 Å². The summed E-state index contributed by atoms with van der Waals surface area (Å²) in [5.41, 5.74) is 0. The fourth-order valence-electron chi connectivity index (χ4n) is 6.80. The average Bonchev–Trinajstić information content (AvgIpc) is 2.95. The number of rotatable bonds is 33. The largest absolute Gasteiger partial charge is 0.365 e. The van der Waals surface area contributed by atoms with E-state index in [2.05, 4.69) is 20.8 Å². The third-order valence-corrected chi connectivity index (χ3v) is 17.9. The predicted octanol–water partition coefficient (Wildman–Crippen LogP) is 13.9. The van der Waals surface area contributed by atoms with Gasteiger partial charge in [0.25, 0.3) is 0 Å². The lowest BCUT2D eigenvalue weighted by molar-refractivity contribution is 0.306. The van der Waals surface area contributed by atoms with Gasteiger partial charge in [0, 0.05) is 17.3 Å². The zero-order valence-corrected chi connectivity index (χ0v) is 30.3. The molecule has 1 fully saturated rings. The summed E-state index contributed by atoms with van der Waals surface area (Å²) in [6, 6.07) is 0. The molecule has 0 atom stereocenters. The summed E-state index contributed by atoms with van der Waals surface area (Å²) < 4.78 is 13.0. The molecule has 1 aliphatic heterocycles. The van der Waals surface area contributed by atoms with Crippen molar-refractivity contribution in [2.75, 3.05) is 17.3 Å². The molecule has 250 valence electrons. The van der Waals surface area contributed by atoms with Crippen molar-refractivity contribution in [1.82, 2.24) is 0 Å². The minimum Gasteiger partial charge on any atom is -0.326 e. The maximum absolute atomic E-state index is 10.3. The first-order chi connectivity index (χ1) is 20.1. The third-order valence-electron chi connectivity index (χ3n) is 9.58. The fourth-order valence-corrected chi connectivity index (χ4v) is 15.1. The molecule has 0 aliphatic carbocycles. The highest BCUT2D eigenvalue weighted by atomic mass is 32.4. The van der Waals surface area contributed by atoms with Crippen molar-refractivity contribution in [3.8, 4) is 0 Å². The topological polar surface area (TPSA) is 38.7 Å². The van der Waals surface area contributed by atoms with Crippen LogP contribution in [0.3, 0.4) is 0 Å². The van der Waals surface area contributed by atoms with E-state index in [0.29, 0.717) is 0 Å². The van der Waals surface area contributed by atoms with Gasteiger partial charge >= 0.3 is 8.60 Å². The molecular formula is C36H77O3PS. The SMILES string of the molecule is CCCCCCCCCCCC[SH]1(CCCCCCCCCCCC)(CCCCCCCCCCCC)OP(O)O1. The van der Waals surface area contributed by atoms with Crippen LogP contribution in [0, 0.1) is 0 Å². The van der Waals surface area contributed by atoms with E-state index < -0.39 is 18.3 Å². The summed E-state index contributed by atoms with van der Waals surface area (Å²) in [4.78, 5) is 10.3. The average molecular weight is 621 g/mol. The van der Waals surface area contributed by atoms with Gasteiger partial charge in [0.2, 0.25) is 0 Å². The fraction of sp³-hybridized carbons (Fsp3) is 1.00. The van der Waals surface area contributed by atoms with E-state index >= 15 is 0 Å². The molecule has 41 heavy (non-hydrogen) atoms. The van der Waals surface area contributed by atoms with Gasteiger partial charge in [-0.05, 0) is 19.3 Å². The van der Waals surface area contributed by atoms with Crippen LogP contribution in [-0.4, -0.2) is 22.2 Å². The van der Waals surface area contributed by atoms with Crippen molar-refractivity contribution >= 4 is 18.3 Å². The van der Waals surface area contributed by atoms with Crippen LogP contribution in [0.5, 0.6) is 0 Å². The molecule has 0 radical (unpaired) electrons. The minimum absolute atomic E-state index is 1.11. The number of unbranched alkanes of at least 4 members (excludes halogenated alkanes) is 27. The quantitative estimate of drug-likeness (QED) is 0.0435. The molecular weight excluding hydrogens is 543 g/mol. The summed E-state index contributed by atoms with van der Waals surface area (Å²) in [6.07, 6.45) is 41.0. The Kier molecular flexibility index (Phi) is 26.1. The first-order valence-electron chi connectivity index (χ1n) is 19.0. The van der Waals surface area contributed by atoms with Crippen LogP contribution in [0.4, 0.5) is 0 Å². The first kappa shape index (κ1) is 39.7. The van der Waals surface area contributed by atoms with Crippen molar-refractivity contribution in [2.45, 2.75) is 213 Å². The molecule has 0 saturated carbocycles. The van der Waals surface area contributed by atoms with Crippen LogP contribution in [0.15, 0.2) is 0 Å². The van der Waals surface area contributed by atoms with E-state index in [9.17, 15) is 4.89 Å². The summed E-state index contributed by atoms with van der Waals surface area (Å²) in [5.74, 6) is 3.32. The van der Waals surface area contributed by atoms with Gasteiger partial charge in [-0.3, -0.25) is 9.72 Å². The van der Waals surface area contributed by atoms with Gasteiger partial charge in [0.1, 0.15) is 0 Å². The lowest BCUT2D eigenvalue weighted by Gasteiger charge is -2.73. The Morgan fingerprint density at radius 1 is 0.341 bits per heavy atom. The molecule has 1 rings (SSSR count). The molecule has 1 aliphatic rings. The standard InChI is InChI=1S/C36H77O3PS/c1-4-7-10-13-16-19-22-25-28-31-34-41(38-40(37)39-41,35-32-29-26-23-20-17-14-11-8-5-2)36-33-30-27-24-21-18-15-12-9-6-3/h37,41H,4-36H2,1-3H3. The lowest BCUT2D eigenvalue weighted by atomic mass is 10.1. The molecule has 1 N–H and O–H groups in total. The molecule has 1 saturated heterocycles. The molecule has 5 heteroatoms. The second-order valence-electron chi connectivity index (χ2n) is 13.6. The maximum Gasteiger partial charge on any atom is 0.365 e. The van der Waals surface area contributed by atoms with Crippen LogP contribution in [-0.2, 0) is 7.94 Å². The molecule has 3 nitrogen and oxygen atoms in total. The molecule has 0 unspecified atom stereocenters. The van der Waals surface area contributed by atoms with E-state index in [0.717, 1.165) is 17.3 Å². The Balaban J connectivity index is 2.41. The zero-order valence-electron chi connectivity index (χ0n) is 28.5. The van der Waals surface area contributed by atoms with E-state index in [4.69, 9.17) is 7.94 Å². The molecule has 0 bridgehead atoms. The summed E-state index contributed by atoms with van der Waals surface area (Å²) in [7, 11) is -4.25. The smallest absolute Gasteiger partial charge is 0.326 e. The van der Waals surface area contributed by atoms with Crippen LogP contribution >= 0.6 is 18.3 Å². The molecule has 0 spiro atoms. The lowest BCUT2D eigenvalue weighted by Crippen LogP contribution is -2.38. The van der Waals surface area contributed by atoms with E-state index in [1.807, 2.05) is 0 Å². The number of hydrogen-bond acceptors (Lipinski definition) is 3. The normalized spacial score (nSPS) is 18.6. The van der Waals surface area contributed by atoms with E-state index in [1.54, 1.807) is 0 Å². The summed E-state index contributed by atoms with van der Waals surface area (Å²) in [5, 5.41) is 0. The Morgan fingerprint density at radius 2 is 0.537 bits per heavy atom. The Bertz CT molecular complexity index is 488. The highest BCUT2D eigenvalue weighted by Gasteiger charge is 2.49. The van der Waals surface area contributed by atoms with Gasteiger partial charge in [-0.15, -0.1) is 0 Å². The maximum atomic E-state index is 10.3. The summed E-state index contributed by atoms with van der Waals surface area (Å²) in [6.45, 7) is 6.89. The second-order valence-corrected chi connectivity index (χ2v) is 19.8. The molecule has 0 amide bonds.